The standard InChI is InChI=1S/C47H54O10/c1-4-44(48)54-26-12-8-6-10-24-52-40-20-18-34-29-38(16-14-36(34)31-40)46(50)56-42-22-23-43(33(3)28-42)57-47(51)39-17-15-37-32-41(21-19-35(37)30-39)53-25-11-7-9-13-27-55-45(49)5-2/h4-5,14-21,29-33,42-43H,1-2,6-13,22-28H2,3H3/t33-,42-,43-/m1/s1. The van der Waals surface area contributed by atoms with Gasteiger partial charge in [0.25, 0.3) is 0 Å². The Hall–Kier alpha value is -5.64. The van der Waals surface area contributed by atoms with E-state index < -0.39 is 11.9 Å². The van der Waals surface area contributed by atoms with Crippen molar-refractivity contribution in [1.82, 2.24) is 0 Å². The molecule has 0 radical (unpaired) electrons. The molecule has 1 aliphatic carbocycles. The van der Waals surface area contributed by atoms with E-state index in [1.807, 2.05) is 67.6 Å². The van der Waals surface area contributed by atoms with Crippen LogP contribution < -0.4 is 9.47 Å². The molecule has 10 heteroatoms. The minimum atomic E-state index is -0.391. The van der Waals surface area contributed by atoms with Gasteiger partial charge in [0.1, 0.15) is 23.7 Å². The highest BCUT2D eigenvalue weighted by Crippen LogP contribution is 2.31. The van der Waals surface area contributed by atoms with E-state index in [2.05, 4.69) is 13.2 Å². The molecule has 0 N–H and O–H groups in total. The van der Waals surface area contributed by atoms with Crippen molar-refractivity contribution in [2.24, 2.45) is 5.92 Å². The number of esters is 4. The molecule has 0 bridgehead atoms. The van der Waals surface area contributed by atoms with Crippen LogP contribution in [-0.4, -0.2) is 62.5 Å². The van der Waals surface area contributed by atoms with E-state index >= 15 is 0 Å². The Balaban J connectivity index is 1.01. The van der Waals surface area contributed by atoms with Crippen LogP contribution in [0.25, 0.3) is 21.5 Å². The number of hydrogen-bond donors (Lipinski definition) is 0. The highest BCUT2D eigenvalue weighted by atomic mass is 16.6. The lowest BCUT2D eigenvalue weighted by Gasteiger charge is -2.33. The number of carbonyl (C=O) groups excluding carboxylic acids is 4. The quantitative estimate of drug-likeness (QED) is 0.0330. The summed E-state index contributed by atoms with van der Waals surface area (Å²) in [5.41, 5.74) is 0.978. The van der Waals surface area contributed by atoms with E-state index in [4.69, 9.17) is 28.4 Å². The molecule has 302 valence electrons. The fourth-order valence-corrected chi connectivity index (χ4v) is 6.87. The smallest absolute Gasteiger partial charge is 0.338 e. The molecule has 10 nitrogen and oxygen atoms in total. The Morgan fingerprint density at radius 1 is 0.561 bits per heavy atom. The lowest BCUT2D eigenvalue weighted by atomic mass is 9.85. The van der Waals surface area contributed by atoms with Crippen LogP contribution in [0.4, 0.5) is 0 Å². The molecule has 4 aromatic carbocycles. The van der Waals surface area contributed by atoms with Crippen LogP contribution in [-0.2, 0) is 28.5 Å². The average molecular weight is 779 g/mol. The highest BCUT2D eigenvalue weighted by molar-refractivity contribution is 5.97. The van der Waals surface area contributed by atoms with Crippen molar-refractivity contribution in [3.63, 3.8) is 0 Å². The summed E-state index contributed by atoms with van der Waals surface area (Å²) >= 11 is 0. The van der Waals surface area contributed by atoms with Crippen molar-refractivity contribution in [2.75, 3.05) is 26.4 Å². The molecule has 3 atom stereocenters. The topological polar surface area (TPSA) is 124 Å². The normalized spacial score (nSPS) is 16.3. The van der Waals surface area contributed by atoms with Gasteiger partial charge in [-0.25, -0.2) is 19.2 Å². The summed E-state index contributed by atoms with van der Waals surface area (Å²) in [6.07, 6.45) is 10.9. The molecule has 0 unspecified atom stereocenters. The van der Waals surface area contributed by atoms with Gasteiger partial charge in [-0.05, 0) is 147 Å². The highest BCUT2D eigenvalue weighted by Gasteiger charge is 2.32. The van der Waals surface area contributed by atoms with Crippen molar-refractivity contribution < 1.29 is 47.6 Å². The Bertz CT molecular complexity index is 2000. The fourth-order valence-electron chi connectivity index (χ4n) is 6.87. The van der Waals surface area contributed by atoms with Gasteiger partial charge in [-0.1, -0.05) is 44.3 Å². The monoisotopic (exact) mass is 778 g/mol. The Labute approximate surface area is 335 Å². The van der Waals surface area contributed by atoms with Gasteiger partial charge < -0.3 is 28.4 Å². The number of ether oxygens (including phenoxy) is 6. The maximum Gasteiger partial charge on any atom is 0.338 e. The van der Waals surface area contributed by atoms with Gasteiger partial charge in [0.15, 0.2) is 0 Å². The van der Waals surface area contributed by atoms with Crippen molar-refractivity contribution in [3.8, 4) is 11.5 Å². The van der Waals surface area contributed by atoms with Gasteiger partial charge in [0.05, 0.1) is 37.6 Å². The fraction of sp³-hybridized carbons (Fsp3) is 0.404. The second-order valence-corrected chi connectivity index (χ2v) is 14.5. The molecular formula is C47H54O10. The van der Waals surface area contributed by atoms with Crippen molar-refractivity contribution in [2.45, 2.75) is 89.8 Å². The average Bonchev–Trinajstić information content (AvgIpc) is 3.22. The number of carbonyl (C=O) groups is 4. The third-order valence-corrected chi connectivity index (χ3v) is 10.1. The molecule has 1 fully saturated rings. The number of benzene rings is 4. The summed E-state index contributed by atoms with van der Waals surface area (Å²) in [5.74, 6) is 0.0479. The largest absolute Gasteiger partial charge is 0.494 e. The minimum absolute atomic E-state index is 0.0208. The Morgan fingerprint density at radius 2 is 1.00 bits per heavy atom. The lowest BCUT2D eigenvalue weighted by molar-refractivity contribution is -0.138. The van der Waals surface area contributed by atoms with Crippen LogP contribution in [0.15, 0.2) is 98.1 Å². The van der Waals surface area contributed by atoms with Crippen LogP contribution >= 0.6 is 0 Å². The zero-order valence-corrected chi connectivity index (χ0v) is 32.9. The van der Waals surface area contributed by atoms with E-state index in [9.17, 15) is 19.2 Å². The van der Waals surface area contributed by atoms with Crippen LogP contribution in [0.3, 0.4) is 0 Å². The van der Waals surface area contributed by atoms with Gasteiger partial charge in [-0.2, -0.15) is 0 Å². The third kappa shape index (κ3) is 13.5. The summed E-state index contributed by atoms with van der Waals surface area (Å²) in [7, 11) is 0. The summed E-state index contributed by atoms with van der Waals surface area (Å²) in [4.78, 5) is 48.6. The van der Waals surface area contributed by atoms with Crippen LogP contribution in [0.1, 0.15) is 98.3 Å². The molecule has 0 aromatic heterocycles. The van der Waals surface area contributed by atoms with E-state index in [0.29, 0.717) is 56.8 Å². The van der Waals surface area contributed by atoms with E-state index in [1.165, 1.54) is 12.2 Å². The van der Waals surface area contributed by atoms with E-state index in [0.717, 1.165) is 84.4 Å². The molecule has 0 amide bonds. The molecule has 0 heterocycles. The van der Waals surface area contributed by atoms with Gasteiger partial charge in [-0.3, -0.25) is 0 Å². The van der Waals surface area contributed by atoms with Gasteiger partial charge in [0.2, 0.25) is 0 Å². The second-order valence-electron chi connectivity index (χ2n) is 14.5. The van der Waals surface area contributed by atoms with Crippen LogP contribution in [0, 0.1) is 5.92 Å². The molecule has 5 rings (SSSR count). The molecule has 0 aliphatic heterocycles. The number of unbranched alkanes of at least 4 members (excludes halogenated alkanes) is 6. The summed E-state index contributed by atoms with van der Waals surface area (Å²) in [6.45, 7) is 10.8. The van der Waals surface area contributed by atoms with Crippen molar-refractivity contribution in [3.05, 3.63) is 109 Å². The van der Waals surface area contributed by atoms with E-state index in [1.54, 1.807) is 12.1 Å². The molecule has 0 spiro atoms. The maximum atomic E-state index is 13.2. The van der Waals surface area contributed by atoms with Crippen molar-refractivity contribution in [1.29, 1.82) is 0 Å². The van der Waals surface area contributed by atoms with E-state index in [-0.39, 0.29) is 30.1 Å². The predicted molar refractivity (Wildman–Crippen MR) is 220 cm³/mol. The number of rotatable bonds is 22. The first-order valence-corrected chi connectivity index (χ1v) is 20.1. The number of fused-ring (bicyclic) bond motifs is 2. The Morgan fingerprint density at radius 3 is 1.47 bits per heavy atom. The zero-order chi connectivity index (χ0) is 40.4. The van der Waals surface area contributed by atoms with Gasteiger partial charge in [-0.15, -0.1) is 0 Å². The molecular weight excluding hydrogens is 725 g/mol. The SMILES string of the molecule is C=CC(=O)OCCCCCCOc1ccc2cc(C(=O)O[C@@H]3CC[C@@H](OC(=O)c4ccc5cc(OCCCCCCOC(=O)C=C)ccc5c4)[C@H](C)C3)ccc2c1. The Kier molecular flexibility index (Phi) is 16.5. The first kappa shape index (κ1) is 42.5. The molecule has 4 aromatic rings. The number of hydrogen-bond acceptors (Lipinski definition) is 10. The van der Waals surface area contributed by atoms with Gasteiger partial charge >= 0.3 is 23.9 Å². The lowest BCUT2D eigenvalue weighted by Crippen LogP contribution is -2.35. The molecule has 1 saturated carbocycles. The molecule has 0 saturated heterocycles. The predicted octanol–water partition coefficient (Wildman–Crippen LogP) is 9.90. The molecule has 57 heavy (non-hydrogen) atoms. The van der Waals surface area contributed by atoms with Crippen LogP contribution in [0.2, 0.25) is 0 Å². The summed E-state index contributed by atoms with van der Waals surface area (Å²) < 4.78 is 33.8. The summed E-state index contributed by atoms with van der Waals surface area (Å²) in [6, 6.07) is 22.7. The van der Waals surface area contributed by atoms with Crippen molar-refractivity contribution >= 4 is 45.4 Å². The second kappa shape index (κ2) is 22.2. The molecule has 1 aliphatic rings. The zero-order valence-electron chi connectivity index (χ0n) is 32.9. The first-order valence-electron chi connectivity index (χ1n) is 20.1. The maximum absolute atomic E-state index is 13.2. The van der Waals surface area contributed by atoms with Gasteiger partial charge in [0, 0.05) is 12.2 Å². The summed E-state index contributed by atoms with van der Waals surface area (Å²) in [5, 5.41) is 3.77. The third-order valence-electron chi connectivity index (χ3n) is 10.1. The minimum Gasteiger partial charge on any atom is -0.494 e. The van der Waals surface area contributed by atoms with Crippen LogP contribution in [0.5, 0.6) is 11.5 Å². The first-order chi connectivity index (χ1) is 27.7.